The lowest BCUT2D eigenvalue weighted by Crippen LogP contribution is -2.30. The molecule has 0 radical (unpaired) electrons. The zero-order valence-electron chi connectivity index (χ0n) is 14.2. The summed E-state index contributed by atoms with van der Waals surface area (Å²) < 4.78 is 13.4. The van der Waals surface area contributed by atoms with Crippen molar-refractivity contribution in [2.45, 2.75) is 6.92 Å². The van der Waals surface area contributed by atoms with Crippen molar-refractivity contribution in [2.75, 3.05) is 5.32 Å². The van der Waals surface area contributed by atoms with Crippen LogP contribution < -0.4 is 11.1 Å². The molecule has 4 nitrogen and oxygen atoms in total. The van der Waals surface area contributed by atoms with Crippen molar-refractivity contribution >= 4 is 17.3 Å². The maximum absolute atomic E-state index is 13.4. The summed E-state index contributed by atoms with van der Waals surface area (Å²) in [6.07, 6.45) is 3.68. The van der Waals surface area contributed by atoms with E-state index in [1.54, 1.807) is 12.1 Å². The lowest BCUT2D eigenvalue weighted by atomic mass is 9.85. The molecule has 2 aromatic carbocycles. The SMILES string of the molecule is CC1C2=C(C=CC1C(N)=O)Nc1ccccc1C(c1ccc(F)cc1)=N2. The van der Waals surface area contributed by atoms with Crippen LogP contribution in [-0.4, -0.2) is 11.6 Å². The fourth-order valence-corrected chi connectivity index (χ4v) is 3.43. The van der Waals surface area contributed by atoms with Gasteiger partial charge in [0.05, 0.1) is 23.0 Å². The van der Waals surface area contributed by atoms with Gasteiger partial charge in [0.25, 0.3) is 0 Å². The molecule has 130 valence electrons. The normalized spacial score (nSPS) is 21.2. The van der Waals surface area contributed by atoms with Crippen molar-refractivity contribution in [2.24, 2.45) is 22.6 Å². The molecular weight excluding hydrogens is 329 g/mol. The molecule has 2 unspecified atom stereocenters. The Hall–Kier alpha value is -3.21. The number of fused-ring (bicyclic) bond motifs is 1. The highest BCUT2D eigenvalue weighted by Crippen LogP contribution is 2.36. The molecule has 2 aromatic rings. The molecule has 1 aliphatic heterocycles. The Morgan fingerprint density at radius 3 is 2.62 bits per heavy atom. The van der Waals surface area contributed by atoms with Crippen molar-refractivity contribution in [3.63, 3.8) is 0 Å². The third-order valence-corrected chi connectivity index (χ3v) is 4.85. The molecular formula is C21H18FN3O. The first kappa shape index (κ1) is 16.3. The Morgan fingerprint density at radius 2 is 1.88 bits per heavy atom. The summed E-state index contributed by atoms with van der Waals surface area (Å²) in [6, 6.07) is 14.1. The molecule has 0 saturated heterocycles. The van der Waals surface area contributed by atoms with Gasteiger partial charge in [-0.25, -0.2) is 9.38 Å². The van der Waals surface area contributed by atoms with E-state index in [2.05, 4.69) is 5.32 Å². The zero-order valence-corrected chi connectivity index (χ0v) is 14.2. The van der Waals surface area contributed by atoms with Crippen LogP contribution >= 0.6 is 0 Å². The van der Waals surface area contributed by atoms with E-state index in [0.717, 1.165) is 33.9 Å². The Morgan fingerprint density at radius 1 is 1.15 bits per heavy atom. The van der Waals surface area contributed by atoms with Crippen LogP contribution in [0.4, 0.5) is 10.1 Å². The predicted molar refractivity (Wildman–Crippen MR) is 100 cm³/mol. The van der Waals surface area contributed by atoms with Crippen LogP contribution in [0, 0.1) is 17.7 Å². The third-order valence-electron chi connectivity index (χ3n) is 4.85. The second-order valence-corrected chi connectivity index (χ2v) is 6.51. The number of nitrogens with one attached hydrogen (secondary N) is 1. The molecule has 0 saturated carbocycles. The molecule has 0 bridgehead atoms. The molecule has 0 fully saturated rings. The standard InChI is InChI=1S/C21H18FN3O/c1-12-15(21(23)26)10-11-18-19(12)25-20(13-6-8-14(22)9-7-13)16-4-2-3-5-17(16)24-18/h2-12,15,24H,1H3,(H2,23,26). The number of carbonyl (C=O) groups excluding carboxylic acids is 1. The van der Waals surface area contributed by atoms with Crippen molar-refractivity contribution < 1.29 is 9.18 Å². The summed E-state index contributed by atoms with van der Waals surface area (Å²) in [7, 11) is 0. The molecule has 1 amide bonds. The van der Waals surface area contributed by atoms with Gasteiger partial charge in [-0.15, -0.1) is 0 Å². The maximum atomic E-state index is 13.4. The van der Waals surface area contributed by atoms with Crippen LogP contribution in [0.2, 0.25) is 0 Å². The predicted octanol–water partition coefficient (Wildman–Crippen LogP) is 3.61. The third kappa shape index (κ3) is 2.71. The van der Waals surface area contributed by atoms with Crippen LogP contribution in [0.5, 0.6) is 0 Å². The Bertz CT molecular complexity index is 973. The summed E-state index contributed by atoms with van der Waals surface area (Å²) in [6.45, 7) is 1.94. The van der Waals surface area contributed by atoms with E-state index >= 15 is 0 Å². The van der Waals surface area contributed by atoms with Crippen molar-refractivity contribution in [1.29, 1.82) is 0 Å². The molecule has 1 heterocycles. The number of nitrogens with two attached hydrogens (primary N) is 1. The first-order valence-electron chi connectivity index (χ1n) is 8.47. The number of allylic oxidation sites excluding steroid dienone is 2. The monoisotopic (exact) mass is 347 g/mol. The van der Waals surface area contributed by atoms with Crippen LogP contribution in [-0.2, 0) is 4.79 Å². The van der Waals surface area contributed by atoms with Gasteiger partial charge < -0.3 is 11.1 Å². The van der Waals surface area contributed by atoms with Crippen LogP contribution in [0.3, 0.4) is 0 Å². The van der Waals surface area contributed by atoms with Gasteiger partial charge in [0.15, 0.2) is 0 Å². The second-order valence-electron chi connectivity index (χ2n) is 6.51. The minimum atomic E-state index is -0.407. The molecule has 5 heteroatoms. The van der Waals surface area contributed by atoms with E-state index in [0.29, 0.717) is 0 Å². The molecule has 0 spiro atoms. The zero-order chi connectivity index (χ0) is 18.3. The lowest BCUT2D eigenvalue weighted by Gasteiger charge is -2.24. The van der Waals surface area contributed by atoms with Crippen LogP contribution in [0.15, 0.2) is 77.1 Å². The number of rotatable bonds is 2. The summed E-state index contributed by atoms with van der Waals surface area (Å²) in [5.74, 6) is -1.24. The summed E-state index contributed by atoms with van der Waals surface area (Å²) >= 11 is 0. The number of amides is 1. The molecule has 2 atom stereocenters. The highest BCUT2D eigenvalue weighted by atomic mass is 19.1. The average molecular weight is 347 g/mol. The number of para-hydroxylation sites is 1. The van der Waals surface area contributed by atoms with Crippen LogP contribution in [0.25, 0.3) is 0 Å². The van der Waals surface area contributed by atoms with E-state index in [4.69, 9.17) is 10.7 Å². The molecule has 1 aliphatic carbocycles. The molecule has 2 aliphatic rings. The van der Waals surface area contributed by atoms with E-state index in [1.807, 2.05) is 43.3 Å². The van der Waals surface area contributed by atoms with Gasteiger partial charge in [-0.05, 0) is 36.4 Å². The molecule has 26 heavy (non-hydrogen) atoms. The van der Waals surface area contributed by atoms with Gasteiger partial charge in [0.2, 0.25) is 5.91 Å². The number of halogens is 1. The first-order chi connectivity index (χ1) is 12.5. The number of primary amides is 1. The second kappa shape index (κ2) is 6.26. The number of carbonyl (C=O) groups is 1. The van der Waals surface area contributed by atoms with E-state index in [-0.39, 0.29) is 17.6 Å². The van der Waals surface area contributed by atoms with E-state index < -0.39 is 5.92 Å². The Labute approximate surface area is 150 Å². The molecule has 3 N–H and O–H groups in total. The van der Waals surface area contributed by atoms with Gasteiger partial charge >= 0.3 is 0 Å². The largest absolute Gasteiger partial charge is 0.369 e. The lowest BCUT2D eigenvalue weighted by molar-refractivity contribution is -0.121. The minimum absolute atomic E-state index is 0.162. The quantitative estimate of drug-likeness (QED) is 0.871. The average Bonchev–Trinajstić information content (AvgIpc) is 2.80. The number of benzene rings is 2. The first-order valence-corrected chi connectivity index (χ1v) is 8.47. The van der Waals surface area contributed by atoms with Crippen LogP contribution in [0.1, 0.15) is 18.1 Å². The molecule has 0 aromatic heterocycles. The van der Waals surface area contributed by atoms with Gasteiger partial charge in [-0.3, -0.25) is 4.79 Å². The fraction of sp³-hybridized carbons (Fsp3) is 0.143. The van der Waals surface area contributed by atoms with Crippen molar-refractivity contribution in [3.8, 4) is 0 Å². The minimum Gasteiger partial charge on any atom is -0.369 e. The summed E-state index contributed by atoms with van der Waals surface area (Å²) in [5.41, 5.74) is 10.5. The Balaban J connectivity index is 1.91. The van der Waals surface area contributed by atoms with Gasteiger partial charge in [-0.2, -0.15) is 0 Å². The fourth-order valence-electron chi connectivity index (χ4n) is 3.43. The number of nitrogens with zero attached hydrogens (tertiary/aromatic N) is 1. The molecule has 4 rings (SSSR count). The van der Waals surface area contributed by atoms with E-state index in [9.17, 15) is 9.18 Å². The van der Waals surface area contributed by atoms with Gasteiger partial charge in [-0.1, -0.05) is 31.2 Å². The number of aliphatic imine (C=N–C) groups is 1. The van der Waals surface area contributed by atoms with Crippen molar-refractivity contribution in [3.05, 3.63) is 89.0 Å². The van der Waals surface area contributed by atoms with Crippen molar-refractivity contribution in [1.82, 2.24) is 0 Å². The number of hydrogen-bond acceptors (Lipinski definition) is 3. The maximum Gasteiger partial charge on any atom is 0.225 e. The topological polar surface area (TPSA) is 67.5 Å². The number of anilines is 1. The number of hydrogen-bond donors (Lipinski definition) is 2. The highest BCUT2D eigenvalue weighted by molar-refractivity contribution is 6.17. The summed E-state index contributed by atoms with van der Waals surface area (Å²) in [4.78, 5) is 16.7. The van der Waals surface area contributed by atoms with Gasteiger partial charge in [0, 0.05) is 22.7 Å². The van der Waals surface area contributed by atoms with Gasteiger partial charge in [0.1, 0.15) is 5.82 Å². The summed E-state index contributed by atoms with van der Waals surface area (Å²) in [5, 5.41) is 3.41. The smallest absolute Gasteiger partial charge is 0.225 e. The van der Waals surface area contributed by atoms with E-state index in [1.165, 1.54) is 12.1 Å². The Kier molecular flexibility index (Phi) is 3.92. The highest BCUT2D eigenvalue weighted by Gasteiger charge is 2.31.